The molecule has 1 aromatic rings. The van der Waals surface area contributed by atoms with Gasteiger partial charge in [-0.25, -0.2) is 0 Å². The fraction of sp³-hybridized carbons (Fsp3) is 0.769. The number of rotatable bonds is 6. The molecule has 2 atom stereocenters. The molecule has 0 bridgehead atoms. The third-order valence-electron chi connectivity index (χ3n) is 3.32. The van der Waals surface area contributed by atoms with Crippen LogP contribution in [0.3, 0.4) is 0 Å². The largest absolute Gasteiger partial charge is 0.463 e. The molecular weight excluding hydrogens is 258 g/mol. The van der Waals surface area contributed by atoms with E-state index in [9.17, 15) is 5.11 Å². The van der Waals surface area contributed by atoms with Crippen molar-refractivity contribution in [1.29, 1.82) is 0 Å². The van der Waals surface area contributed by atoms with Gasteiger partial charge in [0.25, 0.3) is 0 Å². The van der Waals surface area contributed by atoms with Crippen LogP contribution in [0.2, 0.25) is 0 Å². The normalized spacial score (nSPS) is 22.4. The number of hydrogen-bond donors (Lipinski definition) is 3. The minimum absolute atomic E-state index is 0.00474. The first kappa shape index (κ1) is 14.8. The van der Waals surface area contributed by atoms with Gasteiger partial charge < -0.3 is 20.5 Å². The number of aromatic nitrogens is 3. The standard InChI is InChI=1S/C13H23N5O2/c1-3-8-20-13-17-11(14-2)16-12(18-13)15-9-6-4-5-7-10(9)19/h9-10,19H,3-8H2,1-2H3,(H2,14,15,16,17,18). The first-order valence-electron chi connectivity index (χ1n) is 7.24. The summed E-state index contributed by atoms with van der Waals surface area (Å²) in [7, 11) is 1.75. The van der Waals surface area contributed by atoms with Crippen molar-refractivity contribution in [2.45, 2.75) is 51.2 Å². The maximum Gasteiger partial charge on any atom is 0.323 e. The highest BCUT2D eigenvalue weighted by atomic mass is 16.5. The zero-order valence-corrected chi connectivity index (χ0v) is 12.1. The van der Waals surface area contributed by atoms with E-state index in [1.807, 2.05) is 6.92 Å². The van der Waals surface area contributed by atoms with Crippen LogP contribution >= 0.6 is 0 Å². The van der Waals surface area contributed by atoms with Gasteiger partial charge in [0.2, 0.25) is 11.9 Å². The maximum absolute atomic E-state index is 9.99. The van der Waals surface area contributed by atoms with Crippen molar-refractivity contribution in [3.8, 4) is 6.01 Å². The second-order valence-corrected chi connectivity index (χ2v) is 4.97. The van der Waals surface area contributed by atoms with Gasteiger partial charge in [-0.15, -0.1) is 0 Å². The first-order chi connectivity index (χ1) is 9.72. The van der Waals surface area contributed by atoms with Gasteiger partial charge in [-0.3, -0.25) is 0 Å². The minimum Gasteiger partial charge on any atom is -0.463 e. The SMILES string of the molecule is CCCOc1nc(NC)nc(NC2CCCCC2O)n1. The fourth-order valence-corrected chi connectivity index (χ4v) is 2.24. The van der Waals surface area contributed by atoms with Crippen LogP contribution in [0.5, 0.6) is 6.01 Å². The molecule has 0 radical (unpaired) electrons. The predicted molar refractivity (Wildman–Crippen MR) is 77.0 cm³/mol. The number of aliphatic hydroxyl groups is 1. The lowest BCUT2D eigenvalue weighted by Crippen LogP contribution is -2.37. The molecule has 3 N–H and O–H groups in total. The molecule has 2 unspecified atom stereocenters. The van der Waals surface area contributed by atoms with E-state index in [0.717, 1.165) is 32.1 Å². The Morgan fingerprint density at radius 3 is 2.65 bits per heavy atom. The monoisotopic (exact) mass is 281 g/mol. The molecule has 1 heterocycles. The van der Waals surface area contributed by atoms with Crippen LogP contribution in [0.1, 0.15) is 39.0 Å². The van der Waals surface area contributed by atoms with E-state index in [0.29, 0.717) is 24.5 Å². The van der Waals surface area contributed by atoms with Crippen molar-refractivity contribution in [3.63, 3.8) is 0 Å². The highest BCUT2D eigenvalue weighted by Gasteiger charge is 2.24. The van der Waals surface area contributed by atoms with Crippen LogP contribution in [0.4, 0.5) is 11.9 Å². The molecule has 0 aromatic carbocycles. The summed E-state index contributed by atoms with van der Waals surface area (Å²) in [4.78, 5) is 12.6. The average Bonchev–Trinajstić information content (AvgIpc) is 2.47. The molecule has 0 amide bonds. The highest BCUT2D eigenvalue weighted by Crippen LogP contribution is 2.22. The third kappa shape index (κ3) is 3.93. The van der Waals surface area contributed by atoms with Crippen LogP contribution in [0.15, 0.2) is 0 Å². The van der Waals surface area contributed by atoms with E-state index in [1.165, 1.54) is 0 Å². The Bertz CT molecular complexity index is 429. The van der Waals surface area contributed by atoms with E-state index < -0.39 is 0 Å². The molecule has 7 nitrogen and oxygen atoms in total. The van der Waals surface area contributed by atoms with Gasteiger partial charge in [0.15, 0.2) is 0 Å². The number of anilines is 2. The van der Waals surface area contributed by atoms with Crippen molar-refractivity contribution in [3.05, 3.63) is 0 Å². The minimum atomic E-state index is -0.349. The molecule has 1 aromatic heterocycles. The molecule has 0 saturated heterocycles. The van der Waals surface area contributed by atoms with Gasteiger partial charge in [0, 0.05) is 7.05 Å². The Hall–Kier alpha value is -1.63. The summed E-state index contributed by atoms with van der Waals surface area (Å²) in [6.07, 6.45) is 4.47. The summed E-state index contributed by atoms with van der Waals surface area (Å²) in [6, 6.07) is 0.300. The number of aliphatic hydroxyl groups excluding tert-OH is 1. The van der Waals surface area contributed by atoms with Crippen LogP contribution in [-0.2, 0) is 0 Å². The molecular formula is C13H23N5O2. The lowest BCUT2D eigenvalue weighted by atomic mass is 9.93. The van der Waals surface area contributed by atoms with Crippen molar-refractivity contribution in [1.82, 2.24) is 15.0 Å². The summed E-state index contributed by atoms with van der Waals surface area (Å²) in [6.45, 7) is 2.59. The molecule has 2 rings (SSSR count). The molecule has 1 aliphatic carbocycles. The van der Waals surface area contributed by atoms with E-state index in [2.05, 4.69) is 25.6 Å². The Morgan fingerprint density at radius 2 is 1.95 bits per heavy atom. The van der Waals surface area contributed by atoms with Gasteiger partial charge >= 0.3 is 6.01 Å². The van der Waals surface area contributed by atoms with Gasteiger partial charge in [-0.1, -0.05) is 19.8 Å². The number of ether oxygens (including phenoxy) is 1. The number of nitrogens with zero attached hydrogens (tertiary/aromatic N) is 3. The number of nitrogens with one attached hydrogen (secondary N) is 2. The summed E-state index contributed by atoms with van der Waals surface area (Å²) in [5.41, 5.74) is 0. The smallest absolute Gasteiger partial charge is 0.323 e. The zero-order chi connectivity index (χ0) is 14.4. The first-order valence-corrected chi connectivity index (χ1v) is 7.24. The topological polar surface area (TPSA) is 92.2 Å². The molecule has 20 heavy (non-hydrogen) atoms. The van der Waals surface area contributed by atoms with E-state index in [1.54, 1.807) is 7.05 Å². The number of hydrogen-bond acceptors (Lipinski definition) is 7. The Kier molecular flexibility index (Phi) is 5.34. The molecule has 0 aliphatic heterocycles. The maximum atomic E-state index is 9.99. The summed E-state index contributed by atoms with van der Waals surface area (Å²) in [5.74, 6) is 0.903. The van der Waals surface area contributed by atoms with E-state index in [4.69, 9.17) is 4.74 Å². The molecule has 1 fully saturated rings. The van der Waals surface area contributed by atoms with Crippen LogP contribution in [0.25, 0.3) is 0 Å². The molecule has 7 heteroatoms. The quantitative estimate of drug-likeness (QED) is 0.726. The Morgan fingerprint density at radius 1 is 1.20 bits per heavy atom. The van der Waals surface area contributed by atoms with Crippen LogP contribution in [-0.4, -0.2) is 45.9 Å². The van der Waals surface area contributed by atoms with E-state index in [-0.39, 0.29) is 12.1 Å². The third-order valence-corrected chi connectivity index (χ3v) is 3.32. The second-order valence-electron chi connectivity index (χ2n) is 4.97. The van der Waals surface area contributed by atoms with Crippen molar-refractivity contribution in [2.75, 3.05) is 24.3 Å². The van der Waals surface area contributed by atoms with Gasteiger partial charge in [-0.05, 0) is 19.3 Å². The summed E-state index contributed by atoms with van der Waals surface area (Å²) >= 11 is 0. The van der Waals surface area contributed by atoms with Crippen LogP contribution < -0.4 is 15.4 Å². The van der Waals surface area contributed by atoms with Crippen LogP contribution in [0, 0.1) is 0 Å². The highest BCUT2D eigenvalue weighted by molar-refractivity contribution is 5.36. The molecule has 0 spiro atoms. The second kappa shape index (κ2) is 7.23. The zero-order valence-electron chi connectivity index (χ0n) is 12.1. The van der Waals surface area contributed by atoms with Crippen molar-refractivity contribution < 1.29 is 9.84 Å². The van der Waals surface area contributed by atoms with Gasteiger partial charge in [-0.2, -0.15) is 15.0 Å². The van der Waals surface area contributed by atoms with Gasteiger partial charge in [0.1, 0.15) is 0 Å². The predicted octanol–water partition coefficient (Wildman–Crippen LogP) is 1.42. The average molecular weight is 281 g/mol. The van der Waals surface area contributed by atoms with Crippen molar-refractivity contribution >= 4 is 11.9 Å². The molecule has 1 aliphatic rings. The van der Waals surface area contributed by atoms with Gasteiger partial charge in [0.05, 0.1) is 18.8 Å². The lowest BCUT2D eigenvalue weighted by Gasteiger charge is -2.28. The lowest BCUT2D eigenvalue weighted by molar-refractivity contribution is 0.116. The van der Waals surface area contributed by atoms with E-state index >= 15 is 0 Å². The summed E-state index contributed by atoms with van der Waals surface area (Å²) in [5, 5.41) is 16.1. The fourth-order valence-electron chi connectivity index (χ4n) is 2.24. The Balaban J connectivity index is 2.08. The molecule has 112 valence electrons. The Labute approximate surface area is 119 Å². The summed E-state index contributed by atoms with van der Waals surface area (Å²) < 4.78 is 5.45. The molecule has 1 saturated carbocycles. The van der Waals surface area contributed by atoms with Crippen molar-refractivity contribution in [2.24, 2.45) is 0 Å².